The van der Waals surface area contributed by atoms with Crippen molar-refractivity contribution in [1.82, 2.24) is 0 Å². The largest absolute Gasteiger partial charge is 0.416 e. The third kappa shape index (κ3) is 4.92. The van der Waals surface area contributed by atoms with Crippen molar-refractivity contribution >= 4 is 13.7 Å². The Bertz CT molecular complexity index is 349. The smallest absolute Gasteiger partial charge is 0.295 e. The number of hydrogen-bond donors (Lipinski definition) is 1. The molecule has 5 heteroatoms. The van der Waals surface area contributed by atoms with Gasteiger partial charge in [0.05, 0.1) is 14.2 Å². The van der Waals surface area contributed by atoms with Gasteiger partial charge in [0.15, 0.2) is 11.9 Å². The first kappa shape index (κ1) is 14.3. The van der Waals surface area contributed by atoms with Gasteiger partial charge in [0, 0.05) is 6.42 Å². The van der Waals surface area contributed by atoms with Crippen molar-refractivity contribution in [3.8, 4) is 0 Å². The Kier molecular flexibility index (Phi) is 5.72. The number of aryl methyl sites for hydroxylation is 1. The highest BCUT2D eigenvalue weighted by molar-refractivity contribution is 7.61. The summed E-state index contributed by atoms with van der Waals surface area (Å²) >= 11 is 0. The minimum Gasteiger partial charge on any atom is -0.295 e. The van der Waals surface area contributed by atoms with Crippen LogP contribution in [0.15, 0.2) is 30.3 Å². The summed E-state index contributed by atoms with van der Waals surface area (Å²) in [7, 11) is -0.260. The van der Waals surface area contributed by atoms with Gasteiger partial charge in [-0.1, -0.05) is 30.3 Å². The van der Waals surface area contributed by atoms with E-state index in [1.165, 1.54) is 14.2 Å². The number of rotatable bonds is 7. The minimum atomic E-state index is -2.96. The van der Waals surface area contributed by atoms with Gasteiger partial charge in [-0.25, -0.2) is 0 Å². The fourth-order valence-electron chi connectivity index (χ4n) is 1.43. The summed E-state index contributed by atoms with van der Waals surface area (Å²) in [5.41, 5.74) is 1.11. The normalized spacial score (nSPS) is 11.5. The van der Waals surface area contributed by atoms with E-state index in [0.29, 0.717) is 12.8 Å². The summed E-state index contributed by atoms with van der Waals surface area (Å²) in [5, 5.41) is 0. The minimum absolute atomic E-state index is 0.0478. The highest BCUT2D eigenvalue weighted by Crippen LogP contribution is 2.55. The zero-order valence-electron chi connectivity index (χ0n) is 10.1. The highest BCUT2D eigenvalue weighted by Gasteiger charge is 2.40. The van der Waals surface area contributed by atoms with Gasteiger partial charge in [-0.2, -0.15) is 13.9 Å². The van der Waals surface area contributed by atoms with Gasteiger partial charge in [-0.05, 0) is 12.0 Å². The van der Waals surface area contributed by atoms with E-state index in [-0.39, 0.29) is 11.9 Å². The molecule has 0 amide bonds. The predicted molar refractivity (Wildman–Crippen MR) is 67.8 cm³/mol. The molecule has 1 aromatic rings. The molecule has 94 valence electrons. The average molecular weight is 257 g/mol. The molecule has 4 nitrogen and oxygen atoms in total. The van der Waals surface area contributed by atoms with Gasteiger partial charge in [0.2, 0.25) is 0 Å². The van der Waals surface area contributed by atoms with Crippen molar-refractivity contribution < 1.29 is 18.7 Å². The van der Waals surface area contributed by atoms with Crippen LogP contribution in [0.25, 0.3) is 0 Å². The van der Waals surface area contributed by atoms with Crippen molar-refractivity contribution in [3.05, 3.63) is 35.9 Å². The Morgan fingerprint density at radius 2 is 1.82 bits per heavy atom. The fourth-order valence-corrected chi connectivity index (χ4v) is 2.45. The van der Waals surface area contributed by atoms with Crippen LogP contribution >= 0.6 is 7.94 Å². The van der Waals surface area contributed by atoms with E-state index in [4.69, 9.17) is 9.05 Å². The van der Waals surface area contributed by atoms with E-state index in [0.717, 1.165) is 5.56 Å². The van der Waals surface area contributed by atoms with E-state index >= 15 is 0 Å². The number of ketones is 1. The van der Waals surface area contributed by atoms with Crippen molar-refractivity contribution in [2.24, 2.45) is 0 Å². The monoisotopic (exact) mass is 257 g/mol. The first-order valence-corrected chi connectivity index (χ1v) is 7.14. The van der Waals surface area contributed by atoms with Crippen LogP contribution in [-0.4, -0.2) is 31.1 Å². The van der Waals surface area contributed by atoms with Crippen LogP contribution in [0.2, 0.25) is 0 Å². The van der Waals surface area contributed by atoms with E-state index in [1.807, 2.05) is 30.3 Å². The predicted octanol–water partition coefficient (Wildman–Crippen LogP) is 2.24. The van der Waals surface area contributed by atoms with E-state index in [9.17, 15) is 9.69 Å². The average Bonchev–Trinajstić information content (AvgIpc) is 2.37. The Morgan fingerprint density at radius 3 is 2.35 bits per heavy atom. The SMILES string of the molecule is CO[P+](O)(CC(=O)CCc1ccccc1)OC. The number of carbonyl (C=O) groups is 1. The second-order valence-electron chi connectivity index (χ2n) is 3.68. The Hall–Kier alpha value is -0.800. The van der Waals surface area contributed by atoms with Gasteiger partial charge < -0.3 is 0 Å². The number of Topliss-reactive ketones (excluding diaryl/α,β-unsaturated/α-hetero) is 1. The van der Waals surface area contributed by atoms with Crippen LogP contribution in [0.5, 0.6) is 0 Å². The molecule has 0 spiro atoms. The molecule has 0 saturated heterocycles. The molecular weight excluding hydrogens is 239 g/mol. The van der Waals surface area contributed by atoms with E-state index < -0.39 is 7.94 Å². The first-order valence-electron chi connectivity index (χ1n) is 5.37. The molecule has 1 N–H and O–H groups in total. The number of carbonyl (C=O) groups excluding carboxylic acids is 1. The van der Waals surface area contributed by atoms with Crippen molar-refractivity contribution in [2.75, 3.05) is 20.4 Å². The van der Waals surface area contributed by atoms with Crippen LogP contribution in [-0.2, 0) is 20.3 Å². The van der Waals surface area contributed by atoms with Gasteiger partial charge in [-0.15, -0.1) is 0 Å². The lowest BCUT2D eigenvalue weighted by atomic mass is 10.1. The van der Waals surface area contributed by atoms with E-state index in [1.54, 1.807) is 0 Å². The molecule has 0 aliphatic rings. The van der Waals surface area contributed by atoms with Crippen LogP contribution in [0.4, 0.5) is 0 Å². The molecular formula is C12H18O4P+. The molecule has 1 rings (SSSR count). The summed E-state index contributed by atoms with van der Waals surface area (Å²) in [5.74, 6) is -0.0478. The summed E-state index contributed by atoms with van der Waals surface area (Å²) in [6, 6.07) is 9.76. The van der Waals surface area contributed by atoms with Crippen molar-refractivity contribution in [3.63, 3.8) is 0 Å². The third-order valence-corrected chi connectivity index (χ3v) is 4.38. The summed E-state index contributed by atoms with van der Waals surface area (Å²) in [4.78, 5) is 21.4. The van der Waals surface area contributed by atoms with Crippen molar-refractivity contribution in [1.29, 1.82) is 0 Å². The second-order valence-corrected chi connectivity index (χ2v) is 6.01. The topological polar surface area (TPSA) is 55.8 Å². The standard InChI is InChI=1S/C12H18O4P/c1-15-17(14,16-2)10-12(13)9-8-11-6-4-3-5-7-11/h3-7,14H,8-10H2,1-2H3/q+1. The molecule has 17 heavy (non-hydrogen) atoms. The molecule has 0 fully saturated rings. The van der Waals surface area contributed by atoms with E-state index in [2.05, 4.69) is 0 Å². The molecule has 1 aromatic carbocycles. The lowest BCUT2D eigenvalue weighted by Gasteiger charge is -2.11. The lowest BCUT2D eigenvalue weighted by molar-refractivity contribution is -0.117. The van der Waals surface area contributed by atoms with Crippen LogP contribution in [0, 0.1) is 0 Å². The van der Waals surface area contributed by atoms with Gasteiger partial charge >= 0.3 is 7.94 Å². The summed E-state index contributed by atoms with van der Waals surface area (Å²) < 4.78 is 9.67. The molecule has 0 aliphatic carbocycles. The maximum atomic E-state index is 11.7. The molecule has 0 unspecified atom stereocenters. The van der Waals surface area contributed by atoms with Crippen molar-refractivity contribution in [2.45, 2.75) is 12.8 Å². The van der Waals surface area contributed by atoms with Crippen LogP contribution in [0.3, 0.4) is 0 Å². The summed E-state index contributed by atoms with van der Waals surface area (Å²) in [6.07, 6.45) is 1.01. The highest BCUT2D eigenvalue weighted by atomic mass is 31.2. The Labute approximate surface area is 102 Å². The van der Waals surface area contributed by atoms with Gasteiger partial charge in [0.1, 0.15) is 0 Å². The molecule has 0 aromatic heterocycles. The van der Waals surface area contributed by atoms with Gasteiger partial charge in [-0.3, -0.25) is 4.79 Å². The lowest BCUT2D eigenvalue weighted by Crippen LogP contribution is -2.12. The molecule has 0 saturated carbocycles. The molecule has 0 aliphatic heterocycles. The molecule has 0 radical (unpaired) electrons. The maximum absolute atomic E-state index is 11.7. The zero-order chi connectivity index (χ0) is 12.7. The van der Waals surface area contributed by atoms with Crippen LogP contribution < -0.4 is 0 Å². The fraction of sp³-hybridized carbons (Fsp3) is 0.417. The quantitative estimate of drug-likeness (QED) is 0.761. The van der Waals surface area contributed by atoms with Gasteiger partial charge in [0.25, 0.3) is 0 Å². The Morgan fingerprint density at radius 1 is 1.24 bits per heavy atom. The molecule has 0 bridgehead atoms. The summed E-state index contributed by atoms with van der Waals surface area (Å²) in [6.45, 7) is 0. The van der Waals surface area contributed by atoms with Crippen LogP contribution in [0.1, 0.15) is 12.0 Å². The second kappa shape index (κ2) is 6.82. The Balaban J connectivity index is 2.40. The number of hydrogen-bond acceptors (Lipinski definition) is 4. The molecule has 0 atom stereocenters. The molecule has 0 heterocycles. The first-order chi connectivity index (χ1) is 8.09. The maximum Gasteiger partial charge on any atom is 0.416 e. The zero-order valence-corrected chi connectivity index (χ0v) is 11.0. The third-order valence-electron chi connectivity index (χ3n) is 2.48. The number of benzene rings is 1.